The summed E-state index contributed by atoms with van der Waals surface area (Å²) in [5.74, 6) is -6.08. The van der Waals surface area contributed by atoms with Crippen molar-refractivity contribution in [1.82, 2.24) is 0 Å². The van der Waals surface area contributed by atoms with Gasteiger partial charge in [-0.15, -0.1) is 0 Å². The van der Waals surface area contributed by atoms with Crippen LogP contribution in [0.15, 0.2) is 0 Å². The van der Waals surface area contributed by atoms with Crippen molar-refractivity contribution in [2.45, 2.75) is 37.9 Å². The number of hydrogen-bond acceptors (Lipinski definition) is 7. The second-order valence-corrected chi connectivity index (χ2v) is 5.52. The van der Waals surface area contributed by atoms with Gasteiger partial charge in [-0.25, -0.2) is 14.4 Å². The molecule has 0 aliphatic rings. The molecule has 0 amide bonds. The highest BCUT2D eigenvalue weighted by molar-refractivity contribution is 7.99. The summed E-state index contributed by atoms with van der Waals surface area (Å²) < 4.78 is 4.53. The van der Waals surface area contributed by atoms with E-state index in [1.54, 1.807) is 0 Å². The average molecular weight is 338 g/mol. The fraction of sp³-hybridized carbons (Fsp3) is 0.667. The molecule has 0 spiro atoms. The Balaban J connectivity index is 4.93. The molecule has 9 nitrogen and oxygen atoms in total. The third kappa shape index (κ3) is 6.31. The standard InChI is InChI=1S/C12H18O9S/c1-2-5-22-6-7(9(15)16)21-11(19)12(20,10(17)18)4-3-8(13)14/h7,20H,2-6H2,1H3,(H,13,14)(H,15,16)(H,17,18). The first kappa shape index (κ1) is 20.2. The lowest BCUT2D eigenvalue weighted by Gasteiger charge is -2.23. The molecule has 2 unspecified atom stereocenters. The summed E-state index contributed by atoms with van der Waals surface area (Å²) in [6.07, 6.45) is -2.58. The van der Waals surface area contributed by atoms with Gasteiger partial charge in [-0.3, -0.25) is 4.79 Å². The predicted octanol–water partition coefficient (Wildman–Crippen LogP) is -0.193. The zero-order valence-electron chi connectivity index (χ0n) is 11.9. The Hall–Kier alpha value is -1.81. The molecule has 0 aliphatic carbocycles. The van der Waals surface area contributed by atoms with Crippen LogP contribution < -0.4 is 0 Å². The maximum atomic E-state index is 11.7. The van der Waals surface area contributed by atoms with Gasteiger partial charge in [0.15, 0.2) is 0 Å². The van der Waals surface area contributed by atoms with Crippen molar-refractivity contribution in [3.05, 3.63) is 0 Å². The van der Waals surface area contributed by atoms with Crippen LogP contribution in [0.4, 0.5) is 0 Å². The highest BCUT2D eigenvalue weighted by atomic mass is 32.2. The van der Waals surface area contributed by atoms with E-state index in [0.29, 0.717) is 5.75 Å². The Bertz CT molecular complexity index is 436. The van der Waals surface area contributed by atoms with Crippen molar-refractivity contribution in [2.24, 2.45) is 0 Å². The van der Waals surface area contributed by atoms with Crippen molar-refractivity contribution < 1.29 is 44.3 Å². The van der Waals surface area contributed by atoms with Crippen molar-refractivity contribution in [3.8, 4) is 0 Å². The smallest absolute Gasteiger partial charge is 0.350 e. The van der Waals surface area contributed by atoms with Gasteiger partial charge in [-0.2, -0.15) is 11.8 Å². The number of aliphatic carboxylic acids is 3. The highest BCUT2D eigenvalue weighted by Gasteiger charge is 2.47. The zero-order chi connectivity index (χ0) is 17.3. The van der Waals surface area contributed by atoms with Crippen LogP contribution in [-0.4, -0.2) is 67.5 Å². The largest absolute Gasteiger partial charge is 0.481 e. The van der Waals surface area contributed by atoms with E-state index < -0.39 is 48.4 Å². The first-order valence-corrected chi connectivity index (χ1v) is 7.49. The van der Waals surface area contributed by atoms with E-state index in [2.05, 4.69) is 4.74 Å². The molecule has 0 rings (SSSR count). The maximum Gasteiger partial charge on any atom is 0.350 e. The number of thioether (sulfide) groups is 1. The number of aliphatic hydroxyl groups is 1. The van der Waals surface area contributed by atoms with Gasteiger partial charge in [0.1, 0.15) is 0 Å². The number of ether oxygens (including phenoxy) is 1. The van der Waals surface area contributed by atoms with Gasteiger partial charge in [0.25, 0.3) is 5.60 Å². The third-order valence-corrected chi connectivity index (χ3v) is 3.77. The monoisotopic (exact) mass is 338 g/mol. The van der Waals surface area contributed by atoms with Gasteiger partial charge < -0.3 is 25.2 Å². The molecule has 0 bridgehead atoms. The van der Waals surface area contributed by atoms with Crippen LogP contribution in [0.5, 0.6) is 0 Å². The quantitative estimate of drug-likeness (QED) is 0.226. The molecule has 10 heteroatoms. The minimum atomic E-state index is -3.10. The summed E-state index contributed by atoms with van der Waals surface area (Å²) in [6.45, 7) is 1.86. The molecular weight excluding hydrogens is 320 g/mol. The lowest BCUT2D eigenvalue weighted by molar-refractivity contribution is -0.187. The highest BCUT2D eigenvalue weighted by Crippen LogP contribution is 2.18. The third-order valence-electron chi connectivity index (χ3n) is 2.53. The summed E-state index contributed by atoms with van der Waals surface area (Å²) >= 11 is 1.19. The van der Waals surface area contributed by atoms with E-state index in [1.165, 1.54) is 11.8 Å². The lowest BCUT2D eigenvalue weighted by Crippen LogP contribution is -2.50. The molecule has 0 saturated heterocycles. The first-order chi connectivity index (χ1) is 10.1. The van der Waals surface area contributed by atoms with Crippen LogP contribution in [0.25, 0.3) is 0 Å². The van der Waals surface area contributed by atoms with E-state index in [0.717, 1.165) is 6.42 Å². The fourth-order valence-electron chi connectivity index (χ4n) is 1.30. The molecule has 2 atom stereocenters. The zero-order valence-corrected chi connectivity index (χ0v) is 12.7. The predicted molar refractivity (Wildman–Crippen MR) is 74.6 cm³/mol. The summed E-state index contributed by atoms with van der Waals surface area (Å²) in [4.78, 5) is 44.2. The summed E-state index contributed by atoms with van der Waals surface area (Å²) in [6, 6.07) is 0. The molecule has 0 aliphatic heterocycles. The van der Waals surface area contributed by atoms with E-state index in [1.807, 2.05) is 6.92 Å². The number of esters is 1. The molecule has 0 radical (unpaired) electrons. The van der Waals surface area contributed by atoms with E-state index in [4.69, 9.17) is 15.3 Å². The van der Waals surface area contributed by atoms with Crippen LogP contribution >= 0.6 is 11.8 Å². The number of hydrogen-bond donors (Lipinski definition) is 4. The Morgan fingerprint density at radius 1 is 1.18 bits per heavy atom. The van der Waals surface area contributed by atoms with Crippen LogP contribution in [0.1, 0.15) is 26.2 Å². The van der Waals surface area contributed by atoms with Crippen molar-refractivity contribution in [1.29, 1.82) is 0 Å². The van der Waals surface area contributed by atoms with Gasteiger partial charge in [0.05, 0.1) is 0 Å². The minimum Gasteiger partial charge on any atom is -0.481 e. The van der Waals surface area contributed by atoms with Gasteiger partial charge in [0.2, 0.25) is 6.10 Å². The Labute approximate surface area is 130 Å². The SMILES string of the molecule is CCCSCC(OC(=O)C(O)(CCC(=O)O)C(=O)O)C(=O)O. The van der Waals surface area contributed by atoms with Crippen molar-refractivity contribution >= 4 is 35.6 Å². The lowest BCUT2D eigenvalue weighted by atomic mass is 9.98. The van der Waals surface area contributed by atoms with Gasteiger partial charge in [-0.05, 0) is 12.2 Å². The number of carboxylic acids is 3. The molecular formula is C12H18O9S. The van der Waals surface area contributed by atoms with Crippen LogP contribution in [0, 0.1) is 0 Å². The minimum absolute atomic E-state index is 0.108. The number of rotatable bonds is 11. The number of carbonyl (C=O) groups excluding carboxylic acids is 1. The fourth-order valence-corrected chi connectivity index (χ4v) is 2.18. The Kier molecular flexibility index (Phi) is 8.50. The van der Waals surface area contributed by atoms with E-state index in [-0.39, 0.29) is 5.75 Å². The maximum absolute atomic E-state index is 11.7. The van der Waals surface area contributed by atoms with Crippen LogP contribution in [0.2, 0.25) is 0 Å². The molecule has 22 heavy (non-hydrogen) atoms. The van der Waals surface area contributed by atoms with Crippen LogP contribution in [-0.2, 0) is 23.9 Å². The van der Waals surface area contributed by atoms with Crippen LogP contribution in [0.3, 0.4) is 0 Å². The summed E-state index contributed by atoms with van der Waals surface area (Å²) in [5.41, 5.74) is -3.10. The second-order valence-electron chi connectivity index (χ2n) is 4.37. The first-order valence-electron chi connectivity index (χ1n) is 6.34. The normalized spacial score (nSPS) is 14.6. The van der Waals surface area contributed by atoms with E-state index in [9.17, 15) is 24.3 Å². The van der Waals surface area contributed by atoms with E-state index >= 15 is 0 Å². The molecule has 0 aromatic heterocycles. The molecule has 0 aromatic carbocycles. The second kappa shape index (κ2) is 9.26. The Morgan fingerprint density at radius 3 is 2.18 bits per heavy atom. The van der Waals surface area contributed by atoms with Crippen molar-refractivity contribution in [2.75, 3.05) is 11.5 Å². The molecule has 0 fully saturated rings. The molecule has 0 heterocycles. The topological polar surface area (TPSA) is 158 Å². The number of carboxylic acid groups (broad SMARTS) is 3. The summed E-state index contributed by atoms with van der Waals surface area (Å²) in [7, 11) is 0. The molecule has 126 valence electrons. The van der Waals surface area contributed by atoms with Gasteiger partial charge >= 0.3 is 23.9 Å². The molecule has 0 aromatic rings. The summed E-state index contributed by atoms with van der Waals surface area (Å²) in [5, 5.41) is 36.1. The van der Waals surface area contributed by atoms with Crippen molar-refractivity contribution in [3.63, 3.8) is 0 Å². The molecule has 0 saturated carbocycles. The van der Waals surface area contributed by atoms with Gasteiger partial charge in [0, 0.05) is 18.6 Å². The van der Waals surface area contributed by atoms with Gasteiger partial charge in [-0.1, -0.05) is 6.92 Å². The molecule has 4 N–H and O–H groups in total. The number of carbonyl (C=O) groups is 4. The Morgan fingerprint density at radius 2 is 1.77 bits per heavy atom. The average Bonchev–Trinajstić information content (AvgIpc) is 2.42.